The van der Waals surface area contributed by atoms with Crippen LogP contribution in [0.3, 0.4) is 0 Å². The van der Waals surface area contributed by atoms with Gasteiger partial charge >= 0.3 is 0 Å². The molecule has 2 aromatic carbocycles. The highest BCUT2D eigenvalue weighted by atomic mass is 28.4. The fourth-order valence-corrected chi connectivity index (χ4v) is 3.85. The lowest BCUT2D eigenvalue weighted by molar-refractivity contribution is 0.144. The van der Waals surface area contributed by atoms with Crippen LogP contribution in [0.4, 0.5) is 0 Å². The monoisotopic (exact) mass is 450 g/mol. The van der Waals surface area contributed by atoms with Gasteiger partial charge in [0.15, 0.2) is 25.4 Å². The normalized spacial score (nSPS) is 13.2. The van der Waals surface area contributed by atoms with Crippen molar-refractivity contribution in [3.63, 3.8) is 0 Å². The molecule has 0 spiro atoms. The van der Waals surface area contributed by atoms with Gasteiger partial charge in [-0.25, -0.2) is 0 Å². The minimum absolute atomic E-state index is 0.0810. The summed E-state index contributed by atoms with van der Waals surface area (Å²) in [7, 11) is 1.18. The Balaban J connectivity index is 2.62. The highest BCUT2D eigenvalue weighted by Gasteiger charge is 2.37. The molecule has 0 saturated heterocycles. The Morgan fingerprint density at radius 1 is 0.969 bits per heavy atom. The lowest BCUT2D eigenvalue weighted by Gasteiger charge is -2.35. The second-order valence-electron chi connectivity index (χ2n) is 9.05. The van der Waals surface area contributed by atoms with Gasteiger partial charge in [-0.3, -0.25) is 0 Å². The molecule has 1 atom stereocenters. The molecule has 0 aromatic heterocycles. The zero-order valence-electron chi connectivity index (χ0n) is 20.4. The number of hydrogen-bond acceptors (Lipinski definition) is 4. The topological polar surface area (TPSA) is 47.9 Å². The molecule has 0 saturated carbocycles. The Morgan fingerprint density at radius 3 is 2.09 bits per heavy atom. The maximum Gasteiger partial charge on any atom is 0.193 e. The summed E-state index contributed by atoms with van der Waals surface area (Å²) in [5.41, 5.74) is 0.203. The molecule has 0 aliphatic heterocycles. The van der Waals surface area contributed by atoms with Crippen molar-refractivity contribution >= 4 is 8.32 Å². The van der Waals surface area contributed by atoms with E-state index < -0.39 is 13.9 Å². The average Bonchev–Trinajstić information content (AvgIpc) is 2.76. The van der Waals surface area contributed by atoms with Gasteiger partial charge < -0.3 is 19.0 Å². The highest BCUT2D eigenvalue weighted by molar-refractivity contribution is 6.74. The molecule has 170 valence electrons. The Labute approximate surface area is 194 Å². The molecule has 0 aliphatic rings. The van der Waals surface area contributed by atoms with Crippen LogP contribution in [0, 0.1) is 23.7 Å². The third-order valence-electron chi connectivity index (χ3n) is 5.95. The quantitative estimate of drug-likeness (QED) is 0.477. The van der Waals surface area contributed by atoms with Crippen molar-refractivity contribution in [3.8, 4) is 35.2 Å². The van der Waals surface area contributed by atoms with Crippen molar-refractivity contribution in [2.75, 3.05) is 20.8 Å². The van der Waals surface area contributed by atoms with Crippen LogP contribution in [0.15, 0.2) is 42.5 Å². The third kappa shape index (κ3) is 5.55. The second kappa shape index (κ2) is 10.3. The van der Waals surface area contributed by atoms with Crippen LogP contribution in [0.5, 0.6) is 11.5 Å². The zero-order chi connectivity index (χ0) is 24.0. The summed E-state index contributed by atoms with van der Waals surface area (Å²) in [6.45, 7) is 12.9. The standard InChI is InChI=1S/C27H34O4Si/c1-9-14-21-19-24(29-5)25(30-6)20-23(21)27(28,22-15-11-10-12-16-22)17-13-18-31-32(7,8)26(2,3)4/h10-12,15-16,19-20,28H,18H2,1-8H3. The highest BCUT2D eigenvalue weighted by Crippen LogP contribution is 2.39. The van der Waals surface area contributed by atoms with Gasteiger partial charge in [0.05, 0.1) is 20.8 Å². The summed E-state index contributed by atoms with van der Waals surface area (Å²) in [5.74, 6) is 13.2. The van der Waals surface area contributed by atoms with Crippen LogP contribution in [0.1, 0.15) is 44.4 Å². The van der Waals surface area contributed by atoms with E-state index in [1.807, 2.05) is 30.3 Å². The smallest absolute Gasteiger partial charge is 0.193 e. The number of hydrogen-bond donors (Lipinski definition) is 1. The van der Waals surface area contributed by atoms with E-state index in [0.29, 0.717) is 28.2 Å². The molecule has 1 unspecified atom stereocenters. The van der Waals surface area contributed by atoms with Gasteiger partial charge in [0.25, 0.3) is 0 Å². The molecule has 0 fully saturated rings. The Bertz CT molecular complexity index is 1050. The average molecular weight is 451 g/mol. The van der Waals surface area contributed by atoms with E-state index in [9.17, 15) is 5.11 Å². The van der Waals surface area contributed by atoms with E-state index in [1.165, 1.54) is 0 Å². The Hall–Kier alpha value is -2.70. The molecular formula is C27H34O4Si. The summed E-state index contributed by atoms with van der Waals surface area (Å²) in [6, 6.07) is 12.9. The largest absolute Gasteiger partial charge is 0.493 e. The molecule has 0 bridgehead atoms. The first kappa shape index (κ1) is 25.6. The molecule has 0 amide bonds. The van der Waals surface area contributed by atoms with Gasteiger partial charge in [-0.05, 0) is 31.1 Å². The molecule has 0 aliphatic carbocycles. The summed E-state index contributed by atoms with van der Waals surface area (Å²) >= 11 is 0. The van der Waals surface area contributed by atoms with Gasteiger partial charge in [0.2, 0.25) is 0 Å². The van der Waals surface area contributed by atoms with Crippen LogP contribution in [0.25, 0.3) is 0 Å². The fourth-order valence-electron chi connectivity index (χ4n) is 2.99. The fraction of sp³-hybridized carbons (Fsp3) is 0.407. The van der Waals surface area contributed by atoms with Crippen LogP contribution >= 0.6 is 0 Å². The number of methoxy groups -OCH3 is 2. The molecule has 2 rings (SSSR count). The van der Waals surface area contributed by atoms with Crippen LogP contribution in [-0.4, -0.2) is 34.3 Å². The van der Waals surface area contributed by atoms with Crippen LogP contribution in [-0.2, 0) is 10.0 Å². The van der Waals surface area contributed by atoms with Gasteiger partial charge in [0.1, 0.15) is 0 Å². The molecule has 32 heavy (non-hydrogen) atoms. The van der Waals surface area contributed by atoms with Gasteiger partial charge in [-0.2, -0.15) is 0 Å². The maximum atomic E-state index is 12.0. The number of rotatable bonds is 6. The molecule has 0 heterocycles. The van der Waals surface area contributed by atoms with Crippen molar-refractivity contribution in [3.05, 3.63) is 59.2 Å². The summed E-state index contributed by atoms with van der Waals surface area (Å²) in [6.07, 6.45) is 0. The molecule has 0 radical (unpaired) electrons. The SMILES string of the molecule is CC#Cc1cc(OC)c(OC)cc1C(O)(C#CCO[Si](C)(C)C(C)(C)C)c1ccccc1. The molecular weight excluding hydrogens is 416 g/mol. The number of ether oxygens (including phenoxy) is 2. The van der Waals surface area contributed by atoms with Gasteiger partial charge in [-0.1, -0.05) is 68.9 Å². The lowest BCUT2D eigenvalue weighted by atomic mass is 9.83. The van der Waals surface area contributed by atoms with E-state index in [-0.39, 0.29) is 11.6 Å². The molecule has 5 heteroatoms. The van der Waals surface area contributed by atoms with Gasteiger partial charge in [-0.15, -0.1) is 5.92 Å². The number of benzene rings is 2. The van der Waals surface area contributed by atoms with Crippen molar-refractivity contribution in [1.29, 1.82) is 0 Å². The number of aliphatic hydroxyl groups is 1. The Kier molecular flexibility index (Phi) is 8.21. The minimum Gasteiger partial charge on any atom is -0.493 e. The van der Waals surface area contributed by atoms with Crippen LogP contribution in [0.2, 0.25) is 18.1 Å². The van der Waals surface area contributed by atoms with Gasteiger partial charge in [0, 0.05) is 22.8 Å². The van der Waals surface area contributed by atoms with Crippen molar-refractivity contribution in [1.82, 2.24) is 0 Å². The summed E-state index contributed by atoms with van der Waals surface area (Å²) in [4.78, 5) is 0. The predicted octanol–water partition coefficient (Wildman–Crippen LogP) is 5.34. The molecule has 1 N–H and O–H groups in total. The van der Waals surface area contributed by atoms with E-state index in [2.05, 4.69) is 57.5 Å². The third-order valence-corrected chi connectivity index (χ3v) is 10.4. The predicted molar refractivity (Wildman–Crippen MR) is 132 cm³/mol. The molecule has 4 nitrogen and oxygen atoms in total. The van der Waals surface area contributed by atoms with Crippen molar-refractivity contribution < 1.29 is 19.0 Å². The van der Waals surface area contributed by atoms with Crippen LogP contribution < -0.4 is 9.47 Å². The lowest BCUT2D eigenvalue weighted by Crippen LogP contribution is -2.40. The van der Waals surface area contributed by atoms with E-state index in [4.69, 9.17) is 13.9 Å². The second-order valence-corrected chi connectivity index (χ2v) is 13.9. The molecule has 2 aromatic rings. The minimum atomic E-state index is -1.95. The Morgan fingerprint density at radius 2 is 1.56 bits per heavy atom. The first-order valence-electron chi connectivity index (χ1n) is 10.6. The van der Waals surface area contributed by atoms with E-state index in [0.717, 1.165) is 0 Å². The summed E-state index contributed by atoms with van der Waals surface area (Å²) < 4.78 is 17.1. The van der Waals surface area contributed by atoms with E-state index in [1.54, 1.807) is 33.3 Å². The van der Waals surface area contributed by atoms with Crippen molar-refractivity contribution in [2.45, 2.75) is 51.4 Å². The van der Waals surface area contributed by atoms with Crippen molar-refractivity contribution in [2.24, 2.45) is 0 Å². The first-order valence-corrected chi connectivity index (χ1v) is 13.5. The zero-order valence-corrected chi connectivity index (χ0v) is 21.4. The summed E-state index contributed by atoms with van der Waals surface area (Å²) in [5, 5.41) is 12.0. The van der Waals surface area contributed by atoms with E-state index >= 15 is 0 Å². The first-order chi connectivity index (χ1) is 15.0. The maximum absolute atomic E-state index is 12.0.